The minimum absolute atomic E-state index is 0.148. The zero-order valence-electron chi connectivity index (χ0n) is 22.6. The van der Waals surface area contributed by atoms with Crippen molar-refractivity contribution in [3.8, 4) is 16.8 Å². The number of nitrogens with one attached hydrogen (secondary N) is 3. The summed E-state index contributed by atoms with van der Waals surface area (Å²) < 4.78 is 6.17. The molecule has 0 fully saturated rings. The molecule has 1 aliphatic rings. The molecule has 0 aliphatic carbocycles. The number of ether oxygens (including phenoxy) is 1. The van der Waals surface area contributed by atoms with Crippen LogP contribution in [-0.2, 0) is 14.3 Å². The molecule has 1 aliphatic heterocycles. The molecule has 2 aromatic carbocycles. The maximum Gasteiger partial charge on any atom is 0.411 e. The van der Waals surface area contributed by atoms with Crippen molar-refractivity contribution in [3.63, 3.8) is 0 Å². The predicted octanol–water partition coefficient (Wildman–Crippen LogP) is 4.94. The van der Waals surface area contributed by atoms with Crippen molar-refractivity contribution in [2.75, 3.05) is 17.7 Å². The fourth-order valence-corrected chi connectivity index (χ4v) is 4.80. The third kappa shape index (κ3) is 6.96. The summed E-state index contributed by atoms with van der Waals surface area (Å²) >= 11 is 6.20. The highest BCUT2D eigenvalue weighted by Crippen LogP contribution is 2.33. The van der Waals surface area contributed by atoms with Gasteiger partial charge in [-0.2, -0.15) is 4.68 Å². The maximum absolute atomic E-state index is 13.1. The van der Waals surface area contributed by atoms with E-state index in [0.29, 0.717) is 59.0 Å². The van der Waals surface area contributed by atoms with Crippen molar-refractivity contribution in [3.05, 3.63) is 83.4 Å². The fourth-order valence-electron chi connectivity index (χ4n) is 4.62. The quantitative estimate of drug-likeness (QED) is 0.278. The molecule has 1 atom stereocenters. The van der Waals surface area contributed by atoms with Crippen LogP contribution >= 0.6 is 11.6 Å². The van der Waals surface area contributed by atoms with Crippen LogP contribution in [0.1, 0.15) is 43.0 Å². The Morgan fingerprint density at radius 3 is 2.83 bits per heavy atom. The molecule has 2 bridgehead atoms. The zero-order valence-corrected chi connectivity index (χ0v) is 23.3. The highest BCUT2D eigenvalue weighted by molar-refractivity contribution is 6.30. The average molecular weight is 587 g/mol. The third-order valence-corrected chi connectivity index (χ3v) is 6.87. The molecule has 0 radical (unpaired) electrons. The zero-order chi connectivity index (χ0) is 29.5. The fraction of sp³-hybridized carbons (Fsp3) is 0.207. The average Bonchev–Trinajstić information content (AvgIpc) is 3.52. The molecule has 42 heavy (non-hydrogen) atoms. The number of pyridine rings is 1. The van der Waals surface area contributed by atoms with E-state index < -0.39 is 12.1 Å². The van der Waals surface area contributed by atoms with E-state index in [2.05, 4.69) is 41.2 Å². The van der Waals surface area contributed by atoms with E-state index in [1.165, 1.54) is 24.2 Å². The number of aromatic nitrogens is 5. The van der Waals surface area contributed by atoms with E-state index >= 15 is 0 Å². The summed E-state index contributed by atoms with van der Waals surface area (Å²) in [5.41, 5.74) is 4.55. The minimum Gasteiger partial charge on any atom is -0.453 e. The smallest absolute Gasteiger partial charge is 0.411 e. The van der Waals surface area contributed by atoms with Gasteiger partial charge >= 0.3 is 6.09 Å². The summed E-state index contributed by atoms with van der Waals surface area (Å²) in [6.45, 7) is 0. The van der Waals surface area contributed by atoms with Gasteiger partial charge in [-0.25, -0.2) is 4.79 Å². The molecule has 0 spiro atoms. The maximum atomic E-state index is 13.1. The number of methoxy groups -OCH3 is 1. The molecule has 4 aromatic rings. The van der Waals surface area contributed by atoms with Crippen LogP contribution in [0, 0.1) is 0 Å². The second-order valence-corrected chi connectivity index (χ2v) is 9.93. The van der Waals surface area contributed by atoms with Crippen LogP contribution < -0.4 is 16.0 Å². The Bertz CT molecular complexity index is 1640. The van der Waals surface area contributed by atoms with Crippen LogP contribution in [0.15, 0.2) is 67.1 Å². The highest BCUT2D eigenvalue weighted by atomic mass is 35.5. The van der Waals surface area contributed by atoms with E-state index in [-0.39, 0.29) is 11.8 Å². The van der Waals surface area contributed by atoms with Gasteiger partial charge in [-0.3, -0.25) is 19.9 Å². The number of hydrogen-bond donors (Lipinski definition) is 3. The number of carbonyl (C=O) groups excluding carboxylic acids is 3. The van der Waals surface area contributed by atoms with Crippen LogP contribution in [0.5, 0.6) is 0 Å². The van der Waals surface area contributed by atoms with Crippen LogP contribution in [0.4, 0.5) is 16.2 Å². The number of tetrazole rings is 1. The van der Waals surface area contributed by atoms with Crippen LogP contribution in [0.2, 0.25) is 5.02 Å². The number of fused-ring (bicyclic) bond motifs is 4. The number of amides is 3. The predicted molar refractivity (Wildman–Crippen MR) is 157 cm³/mol. The molecule has 3 heterocycles. The van der Waals surface area contributed by atoms with Crippen LogP contribution in [0.25, 0.3) is 22.9 Å². The van der Waals surface area contributed by atoms with Crippen molar-refractivity contribution < 1.29 is 19.1 Å². The second kappa shape index (κ2) is 13.0. The highest BCUT2D eigenvalue weighted by Gasteiger charge is 2.19. The number of benzene rings is 2. The SMILES string of the molecule is COC(=O)Nc1ccc2c(c1)NC(=O)CCCC[C@H](NC(=O)/C=C/c1cc(Cl)ccc1-n1cnnn1)c1cc-2ccn1. The Morgan fingerprint density at radius 2 is 2.02 bits per heavy atom. The second-order valence-electron chi connectivity index (χ2n) is 9.49. The van der Waals surface area contributed by atoms with Gasteiger partial charge in [0.2, 0.25) is 11.8 Å². The Morgan fingerprint density at radius 1 is 1.14 bits per heavy atom. The van der Waals surface area contributed by atoms with E-state index in [9.17, 15) is 14.4 Å². The van der Waals surface area contributed by atoms with Crippen LogP contribution in [0.3, 0.4) is 0 Å². The van der Waals surface area contributed by atoms with E-state index in [1.54, 1.807) is 48.7 Å². The largest absolute Gasteiger partial charge is 0.453 e. The van der Waals surface area contributed by atoms with E-state index in [0.717, 1.165) is 11.1 Å². The van der Waals surface area contributed by atoms with Gasteiger partial charge in [0.1, 0.15) is 6.33 Å². The summed E-state index contributed by atoms with van der Waals surface area (Å²) in [5.74, 6) is -0.469. The van der Waals surface area contributed by atoms with Gasteiger partial charge in [0.05, 0.1) is 30.2 Å². The van der Waals surface area contributed by atoms with Gasteiger partial charge in [-0.15, -0.1) is 5.10 Å². The van der Waals surface area contributed by atoms with Gasteiger partial charge < -0.3 is 15.4 Å². The molecule has 2 aromatic heterocycles. The lowest BCUT2D eigenvalue weighted by Crippen LogP contribution is -2.27. The summed E-state index contributed by atoms with van der Waals surface area (Å²) in [4.78, 5) is 42.2. The molecule has 3 amide bonds. The Hall–Kier alpha value is -5.10. The molecule has 3 N–H and O–H groups in total. The molecule has 214 valence electrons. The first kappa shape index (κ1) is 28.4. The number of carbonyl (C=O) groups is 3. The Kier molecular flexibility index (Phi) is 8.83. The normalized spacial score (nSPS) is 15.1. The summed E-state index contributed by atoms with van der Waals surface area (Å²) in [7, 11) is 1.28. The van der Waals surface area contributed by atoms with Gasteiger partial charge in [0.15, 0.2) is 0 Å². The molecular formula is C29H27ClN8O4. The van der Waals surface area contributed by atoms with Gasteiger partial charge in [0, 0.05) is 40.5 Å². The number of rotatable bonds is 5. The van der Waals surface area contributed by atoms with Crippen molar-refractivity contribution in [1.82, 2.24) is 30.5 Å². The first-order valence-electron chi connectivity index (χ1n) is 13.2. The molecule has 5 rings (SSSR count). The Balaban J connectivity index is 1.41. The first-order chi connectivity index (χ1) is 20.4. The summed E-state index contributed by atoms with van der Waals surface area (Å²) in [5, 5.41) is 20.4. The molecule has 0 saturated carbocycles. The molecule has 12 nitrogen and oxygen atoms in total. The molecular weight excluding hydrogens is 560 g/mol. The first-order valence-corrected chi connectivity index (χ1v) is 13.5. The monoisotopic (exact) mass is 586 g/mol. The van der Waals surface area contributed by atoms with Gasteiger partial charge in [-0.05, 0) is 77.4 Å². The third-order valence-electron chi connectivity index (χ3n) is 6.64. The summed E-state index contributed by atoms with van der Waals surface area (Å²) in [6, 6.07) is 13.7. The lowest BCUT2D eigenvalue weighted by atomic mass is 9.98. The van der Waals surface area contributed by atoms with Gasteiger partial charge in [0.25, 0.3) is 0 Å². The molecule has 0 saturated heterocycles. The van der Waals surface area contributed by atoms with Crippen molar-refractivity contribution in [2.45, 2.75) is 31.7 Å². The van der Waals surface area contributed by atoms with Crippen LogP contribution in [-0.4, -0.2) is 50.2 Å². The lowest BCUT2D eigenvalue weighted by molar-refractivity contribution is -0.118. The van der Waals surface area contributed by atoms with E-state index in [1.807, 2.05) is 12.1 Å². The van der Waals surface area contributed by atoms with Gasteiger partial charge in [-0.1, -0.05) is 24.1 Å². The minimum atomic E-state index is -0.616. The van der Waals surface area contributed by atoms with Crippen molar-refractivity contribution in [1.29, 1.82) is 0 Å². The number of hydrogen-bond acceptors (Lipinski definition) is 8. The van der Waals surface area contributed by atoms with Crippen molar-refractivity contribution in [2.24, 2.45) is 0 Å². The lowest BCUT2D eigenvalue weighted by Gasteiger charge is -2.20. The summed E-state index contributed by atoms with van der Waals surface area (Å²) in [6.07, 6.45) is 7.77. The molecule has 0 unspecified atom stereocenters. The van der Waals surface area contributed by atoms with Crippen molar-refractivity contribution >= 4 is 47.0 Å². The topological polar surface area (TPSA) is 153 Å². The number of nitrogens with zero attached hydrogens (tertiary/aromatic N) is 5. The number of halogens is 1. The van der Waals surface area contributed by atoms with E-state index in [4.69, 9.17) is 11.6 Å². The molecule has 13 heteroatoms. The number of anilines is 2. The Labute approximate surface area is 246 Å². The standard InChI is InChI=1S/C29H27ClN8O4/c1-42-29(41)33-21-8-9-22-18-12-13-31-25(15-18)23(4-2-3-5-27(39)35-24(22)16-21)34-28(40)11-6-19-14-20(30)7-10-26(19)38-17-32-36-37-38/h6-17,23H,2-5H2,1H3,(H,33,41)(H,34,40)(H,35,39)/b11-6+/t23-/m0/s1.